The molecular formula is H8CaLaMn2O2Sr. The fourth-order valence-electron chi connectivity index (χ4n) is 0. The van der Waals surface area contributed by atoms with E-state index >= 15 is 0 Å². The van der Waals surface area contributed by atoms with Crippen LogP contribution in [0, 0.1) is 35.6 Å². The quantitative estimate of drug-likeness (QED) is 0.412. The van der Waals surface area contributed by atoms with Crippen molar-refractivity contribution in [3.8, 4) is 0 Å². The molecule has 41 valence electrons. The first-order chi connectivity index (χ1) is 0. The monoisotopic (exact) mass is 417 g/mol. The molecule has 2 nitrogen and oxygen atoms in total. The predicted octanol–water partition coefficient (Wildman–Crippen LogP) is -1.97. The second-order valence-corrected chi connectivity index (χ2v) is 0. The summed E-state index contributed by atoms with van der Waals surface area (Å²) in [7, 11) is 0. The average Bonchev–Trinajstić information content (AvgIpc) is 0. The molecule has 0 saturated heterocycles. The largest absolute Gasteiger partial charge is 2.00 e. The van der Waals surface area contributed by atoms with E-state index in [1.807, 2.05) is 0 Å². The molecule has 3 radical (unpaired) electrons. The third-order valence-electron chi connectivity index (χ3n) is 0. The molecule has 0 unspecified atom stereocenters. The van der Waals surface area contributed by atoms with Crippen LogP contribution in [0.3, 0.4) is 0 Å². The Morgan fingerprint density at radius 2 is 0.857 bits per heavy atom. The maximum absolute atomic E-state index is 0. The summed E-state index contributed by atoms with van der Waals surface area (Å²) >= 11 is 0. The van der Waals surface area contributed by atoms with Gasteiger partial charge in [-0.25, -0.2) is 0 Å². The van der Waals surface area contributed by atoms with E-state index in [1.165, 1.54) is 0 Å². The second-order valence-electron chi connectivity index (χ2n) is 0. The zero-order chi connectivity index (χ0) is 0. The summed E-state index contributed by atoms with van der Waals surface area (Å²) in [6.07, 6.45) is 0. The molecule has 0 bridgehead atoms. The smallest absolute Gasteiger partial charge is 1.00 e. The van der Waals surface area contributed by atoms with Crippen LogP contribution in [0.1, 0.15) is 5.71 Å². The normalized spacial score (nSPS) is 0. The zero-order valence-corrected chi connectivity index (χ0v) is 15.4. The minimum atomic E-state index is 0. The molecule has 7 heavy (non-hydrogen) atoms. The van der Waals surface area contributed by atoms with Crippen molar-refractivity contribution < 1.29 is 86.4 Å². The Bertz CT molecular complexity index is 26.1. The molecule has 0 spiro atoms. The molecule has 0 aromatic carbocycles. The molecule has 7 heteroatoms. The average molecular weight is 417 g/mol. The van der Waals surface area contributed by atoms with E-state index in [-0.39, 0.29) is 170 Å². The summed E-state index contributed by atoms with van der Waals surface area (Å²) in [6, 6.07) is 0. The Labute approximate surface area is 165 Å². The molecule has 0 rings (SSSR count). The third kappa shape index (κ3) is 36.0. The van der Waals surface area contributed by atoms with Gasteiger partial charge in [0.05, 0.1) is 0 Å². The zero-order valence-electron chi connectivity index (χ0n) is 7.75. The van der Waals surface area contributed by atoms with Crippen LogP contribution in [0.5, 0.6) is 0 Å². The Hall–Kier alpha value is 4.89. The van der Waals surface area contributed by atoms with E-state index in [9.17, 15) is 0 Å². The summed E-state index contributed by atoms with van der Waals surface area (Å²) in [4.78, 5) is 0. The van der Waals surface area contributed by atoms with Crippen LogP contribution in [0.25, 0.3) is 0 Å². The van der Waals surface area contributed by atoms with Gasteiger partial charge in [0.1, 0.15) is 0 Å². The molecule has 0 aromatic rings. The van der Waals surface area contributed by atoms with Crippen molar-refractivity contribution in [3.05, 3.63) is 0 Å². The van der Waals surface area contributed by atoms with Gasteiger partial charge in [-0.05, 0) is 0 Å². The molecule has 0 amide bonds. The topological polar surface area (TPSA) is 63.0 Å². The maximum atomic E-state index is 0. The number of hydrogen-bond acceptors (Lipinski definition) is 0. The molecule has 0 aromatic heterocycles. The van der Waals surface area contributed by atoms with Gasteiger partial charge in [-0.1, -0.05) is 0 Å². The van der Waals surface area contributed by atoms with Crippen LogP contribution in [0.2, 0.25) is 0 Å². The SMILES string of the molecule is O.O.[Ca+2].[H-].[H-].[H-].[H-].[La].[Mn].[Mn].[Sr+2]. The first kappa shape index (κ1) is 58.9. The molecule has 0 aliphatic heterocycles. The van der Waals surface area contributed by atoms with Gasteiger partial charge in [0.2, 0.25) is 0 Å². The van der Waals surface area contributed by atoms with Gasteiger partial charge in [-0.15, -0.1) is 0 Å². The molecule has 0 fully saturated rings. The van der Waals surface area contributed by atoms with Gasteiger partial charge in [0.25, 0.3) is 0 Å². The Morgan fingerprint density at radius 1 is 0.857 bits per heavy atom. The molecule has 0 atom stereocenters. The van der Waals surface area contributed by atoms with Crippen LogP contribution >= 0.6 is 0 Å². The van der Waals surface area contributed by atoms with Crippen molar-refractivity contribution >= 4 is 83.2 Å². The minimum absolute atomic E-state index is 0. The van der Waals surface area contributed by atoms with Crippen molar-refractivity contribution in [2.45, 2.75) is 0 Å². The molecule has 0 saturated carbocycles. The molecule has 4 N–H and O–H groups in total. The number of hydrogen-bond donors (Lipinski definition) is 0. The van der Waals surface area contributed by atoms with Gasteiger partial charge < -0.3 is 16.7 Å². The van der Waals surface area contributed by atoms with Crippen molar-refractivity contribution in [3.63, 3.8) is 0 Å². The predicted molar refractivity (Wildman–Crippen MR) is 23.2 cm³/mol. The second kappa shape index (κ2) is 44.5. The van der Waals surface area contributed by atoms with E-state index < -0.39 is 0 Å². The molecule has 0 heterocycles. The Balaban J connectivity index is 0. The fraction of sp³-hybridized carbons (Fsp3) is 0. The van der Waals surface area contributed by atoms with E-state index in [0.29, 0.717) is 0 Å². The first-order valence-electron chi connectivity index (χ1n) is 0. The minimum Gasteiger partial charge on any atom is -1.00 e. The van der Waals surface area contributed by atoms with Gasteiger partial charge in [0.15, 0.2) is 0 Å². The third-order valence-corrected chi connectivity index (χ3v) is 0. The Morgan fingerprint density at radius 3 is 0.857 bits per heavy atom. The summed E-state index contributed by atoms with van der Waals surface area (Å²) in [6.45, 7) is 0. The van der Waals surface area contributed by atoms with Crippen molar-refractivity contribution in [2.24, 2.45) is 0 Å². The van der Waals surface area contributed by atoms with Gasteiger partial charge in [-0.3, -0.25) is 0 Å². The van der Waals surface area contributed by atoms with E-state index in [0.717, 1.165) is 0 Å². The van der Waals surface area contributed by atoms with Gasteiger partial charge in [0, 0.05) is 69.7 Å². The first-order valence-corrected chi connectivity index (χ1v) is 0. The van der Waals surface area contributed by atoms with E-state index in [2.05, 4.69) is 0 Å². The molecule has 0 aliphatic carbocycles. The number of rotatable bonds is 0. The van der Waals surface area contributed by atoms with Crippen LogP contribution in [0.4, 0.5) is 0 Å². The summed E-state index contributed by atoms with van der Waals surface area (Å²) < 4.78 is 0. The van der Waals surface area contributed by atoms with Crippen LogP contribution < -0.4 is 0 Å². The summed E-state index contributed by atoms with van der Waals surface area (Å²) in [5.74, 6) is 0. The van der Waals surface area contributed by atoms with Crippen LogP contribution in [-0.2, 0) is 34.1 Å². The summed E-state index contributed by atoms with van der Waals surface area (Å²) in [5, 5.41) is 0. The maximum Gasteiger partial charge on any atom is 2.00 e. The van der Waals surface area contributed by atoms with Crippen molar-refractivity contribution in [2.75, 3.05) is 0 Å². The van der Waals surface area contributed by atoms with Crippen molar-refractivity contribution in [1.29, 1.82) is 0 Å². The summed E-state index contributed by atoms with van der Waals surface area (Å²) in [5.41, 5.74) is 0. The van der Waals surface area contributed by atoms with E-state index in [4.69, 9.17) is 0 Å². The Kier molecular flexibility index (Phi) is 375. The van der Waals surface area contributed by atoms with Crippen molar-refractivity contribution in [1.82, 2.24) is 0 Å². The standard InChI is InChI=1S/Ca.La.2Mn.2H2O.Sr.4H/h;;;;2*1H2;;;;;/q+2;;;;;;+2;4*-1. The van der Waals surface area contributed by atoms with Crippen LogP contribution in [0.15, 0.2) is 0 Å². The van der Waals surface area contributed by atoms with Crippen LogP contribution in [-0.4, -0.2) is 94.2 Å². The molecular weight excluding hydrogens is 408 g/mol. The van der Waals surface area contributed by atoms with E-state index in [1.54, 1.807) is 0 Å². The fourth-order valence-corrected chi connectivity index (χ4v) is 0. The van der Waals surface area contributed by atoms with Gasteiger partial charge >= 0.3 is 83.2 Å². The molecule has 0 aliphatic rings. The van der Waals surface area contributed by atoms with Gasteiger partial charge in [-0.2, -0.15) is 0 Å².